The molecule has 0 aliphatic rings. The molecule has 106 valence electrons. The molecular formula is C12H26N2O3Si. The van der Waals surface area contributed by atoms with Crippen molar-refractivity contribution in [2.75, 3.05) is 19.8 Å². The lowest BCUT2D eigenvalue weighted by Gasteiger charge is -2.36. The average molecular weight is 274 g/mol. The second-order valence-electron chi connectivity index (χ2n) is 5.55. The van der Waals surface area contributed by atoms with Crippen molar-refractivity contribution in [2.24, 2.45) is 0 Å². The highest BCUT2D eigenvalue weighted by molar-refractivity contribution is 6.74. The van der Waals surface area contributed by atoms with Crippen molar-refractivity contribution in [3.05, 3.63) is 12.7 Å². The molecule has 0 heterocycles. The van der Waals surface area contributed by atoms with E-state index in [4.69, 9.17) is 9.16 Å². The molecule has 0 aliphatic heterocycles. The molecule has 0 aromatic carbocycles. The molecular weight excluding hydrogens is 248 g/mol. The summed E-state index contributed by atoms with van der Waals surface area (Å²) in [6, 6.07) is 0. The number of carbonyl (C=O) groups excluding carboxylic acids is 1. The maximum absolute atomic E-state index is 11.0. The molecule has 6 heteroatoms. The zero-order valence-corrected chi connectivity index (χ0v) is 13.1. The Morgan fingerprint density at radius 2 is 2.00 bits per heavy atom. The van der Waals surface area contributed by atoms with Crippen LogP contribution in [0.15, 0.2) is 12.7 Å². The van der Waals surface area contributed by atoms with Crippen molar-refractivity contribution < 1.29 is 14.0 Å². The van der Waals surface area contributed by atoms with Crippen molar-refractivity contribution in [3.8, 4) is 0 Å². The topological polar surface area (TPSA) is 59.6 Å². The summed E-state index contributed by atoms with van der Waals surface area (Å²) in [6.07, 6.45) is 1.00. The van der Waals surface area contributed by atoms with E-state index in [2.05, 4.69) is 51.3 Å². The summed E-state index contributed by atoms with van der Waals surface area (Å²) in [6.45, 7) is 15.7. The second-order valence-corrected chi connectivity index (χ2v) is 10.4. The Kier molecular flexibility index (Phi) is 7.19. The molecule has 2 N–H and O–H groups in total. The monoisotopic (exact) mass is 274 g/mol. The highest BCUT2D eigenvalue weighted by Gasteiger charge is 2.36. The van der Waals surface area contributed by atoms with Crippen LogP contribution >= 0.6 is 0 Å². The first-order valence-electron chi connectivity index (χ1n) is 6.11. The molecule has 1 amide bonds. The summed E-state index contributed by atoms with van der Waals surface area (Å²) in [7, 11) is -1.70. The molecule has 18 heavy (non-hydrogen) atoms. The smallest absolute Gasteiger partial charge is 0.421 e. The quantitative estimate of drug-likeness (QED) is 0.324. The van der Waals surface area contributed by atoms with Crippen LogP contribution < -0.4 is 10.9 Å². The fraction of sp³-hybridized carbons (Fsp3) is 0.750. The Hall–Kier alpha value is -0.853. The summed E-state index contributed by atoms with van der Waals surface area (Å²) in [5.41, 5.74) is 5.18. The largest absolute Gasteiger partial charge is 0.444 e. The van der Waals surface area contributed by atoms with Crippen LogP contribution in [0.2, 0.25) is 18.1 Å². The SMILES string of the molecule is C=CCOC(=O)NNCCO[Si](C)(C)C(C)(C)C. The predicted molar refractivity (Wildman–Crippen MR) is 75.8 cm³/mol. The average Bonchev–Trinajstić information content (AvgIpc) is 2.24. The lowest BCUT2D eigenvalue weighted by molar-refractivity contribution is 0.152. The van der Waals surface area contributed by atoms with Crippen LogP contribution in [0.25, 0.3) is 0 Å². The van der Waals surface area contributed by atoms with E-state index in [0.29, 0.717) is 13.2 Å². The molecule has 0 spiro atoms. The minimum atomic E-state index is -1.70. The van der Waals surface area contributed by atoms with Crippen molar-refractivity contribution in [1.82, 2.24) is 10.9 Å². The van der Waals surface area contributed by atoms with Gasteiger partial charge in [0.25, 0.3) is 0 Å². The van der Waals surface area contributed by atoms with Gasteiger partial charge in [0.15, 0.2) is 8.32 Å². The van der Waals surface area contributed by atoms with Gasteiger partial charge in [-0.3, -0.25) is 5.43 Å². The van der Waals surface area contributed by atoms with Gasteiger partial charge in [-0.15, -0.1) is 0 Å². The van der Waals surface area contributed by atoms with Gasteiger partial charge in [-0.1, -0.05) is 33.4 Å². The van der Waals surface area contributed by atoms with E-state index in [1.54, 1.807) is 0 Å². The molecule has 0 saturated heterocycles. The predicted octanol–water partition coefficient (Wildman–Crippen LogP) is 2.42. The molecule has 0 atom stereocenters. The van der Waals surface area contributed by atoms with Crippen molar-refractivity contribution >= 4 is 14.4 Å². The van der Waals surface area contributed by atoms with Gasteiger partial charge in [-0.2, -0.15) is 0 Å². The third-order valence-corrected chi connectivity index (χ3v) is 7.56. The Labute approximate surface area is 111 Å². The first-order chi connectivity index (χ1) is 8.20. The van der Waals surface area contributed by atoms with Crippen LogP contribution in [0, 0.1) is 0 Å². The maximum Gasteiger partial charge on any atom is 0.421 e. The van der Waals surface area contributed by atoms with Gasteiger partial charge in [0.2, 0.25) is 0 Å². The summed E-state index contributed by atoms with van der Waals surface area (Å²) in [5, 5.41) is 0.198. The van der Waals surface area contributed by atoms with E-state index in [-0.39, 0.29) is 11.6 Å². The Balaban J connectivity index is 3.69. The first-order valence-corrected chi connectivity index (χ1v) is 9.02. The van der Waals surface area contributed by atoms with Crippen LogP contribution in [0.3, 0.4) is 0 Å². The summed E-state index contributed by atoms with van der Waals surface area (Å²) in [4.78, 5) is 11.0. The van der Waals surface area contributed by atoms with Crippen LogP contribution in [0.4, 0.5) is 4.79 Å². The standard InChI is InChI=1S/C12H26N2O3Si/c1-7-9-16-11(15)14-13-8-10-17-18(5,6)12(2,3)4/h7,13H,1,8-10H2,2-6H3,(H,14,15). The highest BCUT2D eigenvalue weighted by atomic mass is 28.4. The number of amides is 1. The van der Waals surface area contributed by atoms with Crippen LogP contribution in [-0.4, -0.2) is 34.2 Å². The second kappa shape index (κ2) is 7.55. The van der Waals surface area contributed by atoms with E-state index in [0.717, 1.165) is 0 Å². The fourth-order valence-corrected chi connectivity index (χ4v) is 1.92. The van der Waals surface area contributed by atoms with E-state index >= 15 is 0 Å². The van der Waals surface area contributed by atoms with Gasteiger partial charge in [0.05, 0.1) is 0 Å². The van der Waals surface area contributed by atoms with E-state index in [9.17, 15) is 4.79 Å². The van der Waals surface area contributed by atoms with Crippen LogP contribution in [0.5, 0.6) is 0 Å². The normalized spacial score (nSPS) is 12.1. The molecule has 0 aromatic rings. The molecule has 0 unspecified atom stereocenters. The van der Waals surface area contributed by atoms with Crippen molar-refractivity contribution in [2.45, 2.75) is 38.9 Å². The van der Waals surface area contributed by atoms with E-state index in [1.807, 2.05) is 0 Å². The highest BCUT2D eigenvalue weighted by Crippen LogP contribution is 2.36. The molecule has 0 aliphatic carbocycles. The van der Waals surface area contributed by atoms with Crippen molar-refractivity contribution in [1.29, 1.82) is 0 Å². The number of rotatable bonds is 7. The van der Waals surface area contributed by atoms with Crippen LogP contribution in [0.1, 0.15) is 20.8 Å². The molecule has 0 bridgehead atoms. The first kappa shape index (κ1) is 17.1. The van der Waals surface area contributed by atoms with Gasteiger partial charge < -0.3 is 9.16 Å². The lowest BCUT2D eigenvalue weighted by atomic mass is 10.2. The van der Waals surface area contributed by atoms with Gasteiger partial charge in [-0.05, 0) is 18.1 Å². The molecule has 0 fully saturated rings. The molecule has 0 radical (unpaired) electrons. The summed E-state index contributed by atoms with van der Waals surface area (Å²) in [5.74, 6) is 0. The van der Waals surface area contributed by atoms with Crippen LogP contribution in [-0.2, 0) is 9.16 Å². The number of hydrogen-bond donors (Lipinski definition) is 2. The van der Waals surface area contributed by atoms with Crippen molar-refractivity contribution in [3.63, 3.8) is 0 Å². The number of ether oxygens (including phenoxy) is 1. The Bertz CT molecular complexity index is 275. The zero-order valence-electron chi connectivity index (χ0n) is 12.1. The van der Waals surface area contributed by atoms with Gasteiger partial charge in [0, 0.05) is 13.2 Å². The molecule has 0 saturated carbocycles. The Morgan fingerprint density at radius 1 is 1.39 bits per heavy atom. The zero-order chi connectivity index (χ0) is 14.2. The maximum atomic E-state index is 11.0. The molecule has 0 aromatic heterocycles. The summed E-state index contributed by atoms with van der Waals surface area (Å²) < 4.78 is 10.7. The summed E-state index contributed by atoms with van der Waals surface area (Å²) >= 11 is 0. The third-order valence-electron chi connectivity index (χ3n) is 3.02. The fourth-order valence-electron chi connectivity index (χ4n) is 0.879. The molecule has 5 nitrogen and oxygen atoms in total. The van der Waals surface area contributed by atoms with Gasteiger partial charge in [0.1, 0.15) is 6.61 Å². The van der Waals surface area contributed by atoms with E-state index < -0.39 is 14.4 Å². The minimum absolute atomic E-state index is 0.198. The number of hydrogen-bond acceptors (Lipinski definition) is 4. The lowest BCUT2D eigenvalue weighted by Crippen LogP contribution is -2.44. The number of nitrogens with one attached hydrogen (secondary N) is 2. The van der Waals surface area contributed by atoms with Gasteiger partial charge >= 0.3 is 6.09 Å². The number of hydrazine groups is 1. The van der Waals surface area contributed by atoms with Gasteiger partial charge in [-0.25, -0.2) is 10.2 Å². The minimum Gasteiger partial charge on any atom is -0.444 e. The third kappa shape index (κ3) is 6.78. The number of carbonyl (C=O) groups is 1. The Morgan fingerprint density at radius 3 is 2.50 bits per heavy atom. The van der Waals surface area contributed by atoms with E-state index in [1.165, 1.54) is 6.08 Å². The molecule has 0 rings (SSSR count).